The second-order valence-corrected chi connectivity index (χ2v) is 11.2. The molecule has 4 rings (SSSR count). The molecule has 1 saturated heterocycles. The van der Waals surface area contributed by atoms with E-state index in [-0.39, 0.29) is 15.5 Å². The van der Waals surface area contributed by atoms with Gasteiger partial charge in [0.25, 0.3) is 10.0 Å². The van der Waals surface area contributed by atoms with Gasteiger partial charge in [-0.2, -0.15) is 21.6 Å². The molecule has 14 heteroatoms. The Hall–Kier alpha value is -2.87. The number of aromatic nitrogens is 1. The lowest BCUT2D eigenvalue weighted by molar-refractivity contribution is -0.199. The number of likely N-dealkylation sites (tertiary alicyclic amines) is 1. The number of thiazole rings is 1. The number of anilines is 2. The van der Waals surface area contributed by atoms with E-state index in [1.807, 2.05) is 30.1 Å². The maximum Gasteiger partial charge on any atom is 0.493 e. The molecule has 1 aliphatic rings. The molecule has 198 valence electrons. The number of hydrogen-bond acceptors (Lipinski definition) is 8. The molecule has 0 amide bonds. The zero-order valence-corrected chi connectivity index (χ0v) is 21.8. The van der Waals surface area contributed by atoms with Gasteiger partial charge in [-0.3, -0.25) is 4.90 Å². The largest absolute Gasteiger partial charge is 0.493 e. The van der Waals surface area contributed by atoms with E-state index >= 15 is 0 Å². The van der Waals surface area contributed by atoms with Crippen LogP contribution in [-0.4, -0.2) is 56.6 Å². The topological polar surface area (TPSA) is 83.1 Å². The Morgan fingerprint density at radius 2 is 1.97 bits per heavy atom. The number of alkyl halides is 3. The minimum atomic E-state index is -5.41. The SMILES string of the molecule is CN(c1ccc(S(=O)(=O)N(OC(=O)C(F)(F)F)c2cscn2)cc1Cl)[C@H]1CCN(Cc2ccccc2)C1. The molecule has 1 atom stereocenters. The number of likely N-dealkylation sites (N-methyl/N-ethyl adjacent to an activating group) is 1. The van der Waals surface area contributed by atoms with E-state index in [0.717, 1.165) is 48.8 Å². The Balaban J connectivity index is 1.52. The summed E-state index contributed by atoms with van der Waals surface area (Å²) in [6.07, 6.45) is -4.55. The van der Waals surface area contributed by atoms with Crippen molar-refractivity contribution in [3.05, 3.63) is 70.0 Å². The molecular formula is C23H22ClF3N4O4S2. The summed E-state index contributed by atoms with van der Waals surface area (Å²) in [5, 5.41) is 1.21. The van der Waals surface area contributed by atoms with Crippen LogP contribution in [0.25, 0.3) is 0 Å². The normalized spacial score (nSPS) is 16.5. The predicted molar refractivity (Wildman–Crippen MR) is 134 cm³/mol. The van der Waals surface area contributed by atoms with Crippen LogP contribution in [0.5, 0.6) is 0 Å². The van der Waals surface area contributed by atoms with Crippen LogP contribution in [0.15, 0.2) is 64.3 Å². The van der Waals surface area contributed by atoms with Crippen molar-refractivity contribution in [2.75, 3.05) is 29.5 Å². The minimum Gasteiger partial charge on any atom is -0.369 e. The first kappa shape index (κ1) is 27.2. The monoisotopic (exact) mass is 574 g/mol. The average molecular weight is 575 g/mol. The molecule has 0 spiro atoms. The average Bonchev–Trinajstić information content (AvgIpc) is 3.54. The first-order valence-corrected chi connectivity index (χ1v) is 13.7. The smallest absolute Gasteiger partial charge is 0.369 e. The van der Waals surface area contributed by atoms with Gasteiger partial charge in [0.2, 0.25) is 0 Å². The quantitative estimate of drug-likeness (QED) is 0.360. The molecule has 0 unspecified atom stereocenters. The maximum atomic E-state index is 13.2. The molecule has 37 heavy (non-hydrogen) atoms. The number of hydrogen-bond donors (Lipinski definition) is 0. The first-order chi connectivity index (χ1) is 17.5. The zero-order valence-electron chi connectivity index (χ0n) is 19.4. The Morgan fingerprint density at radius 3 is 2.59 bits per heavy atom. The van der Waals surface area contributed by atoms with E-state index in [0.29, 0.717) is 5.69 Å². The zero-order chi connectivity index (χ0) is 26.8. The van der Waals surface area contributed by atoms with Crippen LogP contribution in [0, 0.1) is 0 Å². The molecule has 1 aromatic heterocycles. The Bertz CT molecular complexity index is 1340. The number of rotatable bonds is 8. The third-order valence-electron chi connectivity index (χ3n) is 5.86. The first-order valence-electron chi connectivity index (χ1n) is 11.0. The van der Waals surface area contributed by atoms with Gasteiger partial charge in [0.15, 0.2) is 5.82 Å². The summed E-state index contributed by atoms with van der Waals surface area (Å²) in [4.78, 5) is 23.1. The fourth-order valence-corrected chi connectivity index (χ4v) is 6.15. The summed E-state index contributed by atoms with van der Waals surface area (Å²) in [6, 6.07) is 14.0. The summed E-state index contributed by atoms with van der Waals surface area (Å²) in [5.74, 6) is -3.20. The second-order valence-electron chi connectivity index (χ2n) is 8.34. The molecule has 1 aliphatic heterocycles. The van der Waals surface area contributed by atoms with Crippen LogP contribution in [0.3, 0.4) is 0 Å². The third-order valence-corrected chi connectivity index (χ3v) is 8.29. The lowest BCUT2D eigenvalue weighted by Gasteiger charge is -2.28. The summed E-state index contributed by atoms with van der Waals surface area (Å²) < 4.78 is 64.6. The van der Waals surface area contributed by atoms with Crippen molar-refractivity contribution >= 4 is 50.4 Å². The molecule has 0 aliphatic carbocycles. The molecule has 2 aromatic carbocycles. The highest BCUT2D eigenvalue weighted by Crippen LogP contribution is 2.34. The van der Waals surface area contributed by atoms with Crippen molar-refractivity contribution in [1.82, 2.24) is 9.88 Å². The van der Waals surface area contributed by atoms with Gasteiger partial charge in [-0.25, -0.2) is 9.78 Å². The molecule has 0 radical (unpaired) electrons. The summed E-state index contributed by atoms with van der Waals surface area (Å²) in [7, 11) is -2.94. The molecule has 1 fully saturated rings. The van der Waals surface area contributed by atoms with Gasteiger partial charge in [-0.1, -0.05) is 46.4 Å². The number of halogens is 4. The fourth-order valence-electron chi connectivity index (χ4n) is 3.98. The van der Waals surface area contributed by atoms with E-state index in [9.17, 15) is 26.4 Å². The number of benzene rings is 2. The summed E-state index contributed by atoms with van der Waals surface area (Å²) in [6.45, 7) is 2.45. The molecule has 0 N–H and O–H groups in total. The summed E-state index contributed by atoms with van der Waals surface area (Å²) >= 11 is 7.35. The van der Waals surface area contributed by atoms with Crippen LogP contribution in [0.4, 0.5) is 24.7 Å². The molecule has 8 nitrogen and oxygen atoms in total. The van der Waals surface area contributed by atoms with Crippen LogP contribution >= 0.6 is 22.9 Å². The second kappa shape index (κ2) is 10.9. The van der Waals surface area contributed by atoms with Crippen molar-refractivity contribution in [3.63, 3.8) is 0 Å². The van der Waals surface area contributed by atoms with E-state index in [1.54, 1.807) is 0 Å². The Labute approximate surface area is 220 Å². The van der Waals surface area contributed by atoms with Crippen molar-refractivity contribution in [3.8, 4) is 0 Å². The minimum absolute atomic E-state index is 0.0745. The van der Waals surface area contributed by atoms with Crippen LogP contribution in [-0.2, 0) is 26.2 Å². The van der Waals surface area contributed by atoms with E-state index in [2.05, 4.69) is 26.9 Å². The van der Waals surface area contributed by atoms with Gasteiger partial charge < -0.3 is 9.74 Å². The third kappa shape index (κ3) is 6.17. The highest BCUT2D eigenvalue weighted by Gasteiger charge is 2.45. The van der Waals surface area contributed by atoms with E-state index in [1.165, 1.54) is 23.2 Å². The van der Waals surface area contributed by atoms with Crippen LogP contribution < -0.4 is 9.37 Å². The number of nitrogens with zero attached hydrogens (tertiary/aromatic N) is 4. The lowest BCUT2D eigenvalue weighted by atomic mass is 10.2. The van der Waals surface area contributed by atoms with Crippen LogP contribution in [0.2, 0.25) is 5.02 Å². The number of carbonyl (C=O) groups is 1. The Morgan fingerprint density at radius 1 is 1.24 bits per heavy atom. The number of sulfonamides is 1. The predicted octanol–water partition coefficient (Wildman–Crippen LogP) is 4.72. The van der Waals surface area contributed by atoms with Crippen molar-refractivity contribution in [1.29, 1.82) is 0 Å². The molecule has 3 aromatic rings. The van der Waals surface area contributed by atoms with Crippen molar-refractivity contribution < 1.29 is 31.2 Å². The van der Waals surface area contributed by atoms with Gasteiger partial charge in [0.1, 0.15) is 0 Å². The molecular weight excluding hydrogens is 553 g/mol. The molecule has 2 heterocycles. The summed E-state index contributed by atoms with van der Waals surface area (Å²) in [5.41, 5.74) is 2.95. The maximum absolute atomic E-state index is 13.2. The molecule has 0 bridgehead atoms. The van der Waals surface area contributed by atoms with E-state index < -0.39 is 32.9 Å². The Kier molecular flexibility index (Phi) is 7.97. The van der Waals surface area contributed by atoms with Crippen molar-refractivity contribution in [2.24, 2.45) is 0 Å². The molecule has 0 saturated carbocycles. The van der Waals surface area contributed by atoms with Crippen molar-refractivity contribution in [2.45, 2.75) is 30.1 Å². The van der Waals surface area contributed by atoms with Gasteiger partial charge in [0, 0.05) is 38.1 Å². The van der Waals surface area contributed by atoms with Gasteiger partial charge >= 0.3 is 12.1 Å². The fraction of sp³-hybridized carbons (Fsp3) is 0.304. The highest BCUT2D eigenvalue weighted by molar-refractivity contribution is 7.92. The van der Waals surface area contributed by atoms with Crippen LogP contribution in [0.1, 0.15) is 12.0 Å². The van der Waals surface area contributed by atoms with Gasteiger partial charge in [0.05, 0.1) is 21.1 Å². The van der Waals surface area contributed by atoms with Gasteiger partial charge in [-0.15, -0.1) is 11.3 Å². The standard InChI is InChI=1S/C23H22ClF3N4O4S2/c1-29(17-9-10-30(13-17)12-16-5-3-2-4-6-16)20-8-7-18(11-19(20)24)37(33,34)31(21-14-36-15-28-21)35-22(32)23(25,26)27/h2-8,11,14-15,17H,9-10,12-13H2,1H3/t17-/m0/s1. The lowest BCUT2D eigenvalue weighted by Crippen LogP contribution is -2.39. The highest BCUT2D eigenvalue weighted by atomic mass is 35.5. The van der Waals surface area contributed by atoms with Gasteiger partial charge in [-0.05, 0) is 30.2 Å². The van der Waals surface area contributed by atoms with E-state index in [4.69, 9.17) is 11.6 Å². The number of carbonyl (C=O) groups excluding carboxylic acids is 1.